The van der Waals surface area contributed by atoms with Crippen LogP contribution in [0.4, 0.5) is 4.39 Å². The van der Waals surface area contributed by atoms with Crippen LogP contribution < -0.4 is 4.74 Å². The fourth-order valence-corrected chi connectivity index (χ4v) is 1.73. The molecule has 106 valence electrons. The van der Waals surface area contributed by atoms with E-state index in [-0.39, 0.29) is 17.8 Å². The molecule has 0 N–H and O–H groups in total. The molecule has 2 aromatic rings. The van der Waals surface area contributed by atoms with Crippen LogP contribution in [-0.2, 0) is 12.0 Å². The molecule has 0 bridgehead atoms. The summed E-state index contributed by atoms with van der Waals surface area (Å²) in [7, 11) is 0. The maximum Gasteiger partial charge on any atom is 0.216 e. The summed E-state index contributed by atoms with van der Waals surface area (Å²) in [6.07, 6.45) is 1.64. The monoisotopic (exact) mass is 294 g/mol. The van der Waals surface area contributed by atoms with E-state index in [1.165, 1.54) is 6.07 Å². The van der Waals surface area contributed by atoms with Gasteiger partial charge in [-0.05, 0) is 12.1 Å². The first-order valence-electron chi connectivity index (χ1n) is 6.26. The van der Waals surface area contributed by atoms with Crippen LogP contribution in [0.15, 0.2) is 30.5 Å². The van der Waals surface area contributed by atoms with Crippen LogP contribution in [0.3, 0.4) is 0 Å². The molecule has 0 atom stereocenters. The lowest BCUT2D eigenvalue weighted by Gasteiger charge is -2.16. The standard InChI is InChI=1S/C15H16ClFN2O/c1-15(2,3)14-18-7-6-13(19-14)20-9-10-4-5-11(16)8-12(10)17/h4-8H,9H2,1-3H3. The molecule has 0 amide bonds. The highest BCUT2D eigenvalue weighted by Gasteiger charge is 2.17. The second-order valence-electron chi connectivity index (χ2n) is 5.49. The molecule has 0 spiro atoms. The molecule has 0 saturated carbocycles. The lowest BCUT2D eigenvalue weighted by atomic mass is 9.96. The highest BCUT2D eigenvalue weighted by Crippen LogP contribution is 2.21. The first-order chi connectivity index (χ1) is 9.36. The van der Waals surface area contributed by atoms with Crippen molar-refractivity contribution in [2.24, 2.45) is 0 Å². The summed E-state index contributed by atoms with van der Waals surface area (Å²) in [5, 5.41) is 0.364. The largest absolute Gasteiger partial charge is 0.473 e. The zero-order valence-corrected chi connectivity index (χ0v) is 12.4. The highest BCUT2D eigenvalue weighted by molar-refractivity contribution is 6.30. The number of nitrogens with zero attached hydrogens (tertiary/aromatic N) is 2. The summed E-state index contributed by atoms with van der Waals surface area (Å²) in [5.74, 6) is 0.730. The van der Waals surface area contributed by atoms with Crippen molar-refractivity contribution in [1.29, 1.82) is 0 Å². The molecule has 0 fully saturated rings. The molecule has 0 aliphatic rings. The minimum atomic E-state index is -0.386. The van der Waals surface area contributed by atoms with E-state index in [2.05, 4.69) is 9.97 Å². The normalized spacial score (nSPS) is 11.4. The molecule has 1 aromatic carbocycles. The Hall–Kier alpha value is -1.68. The van der Waals surface area contributed by atoms with Gasteiger partial charge in [-0.1, -0.05) is 38.4 Å². The third kappa shape index (κ3) is 3.67. The van der Waals surface area contributed by atoms with Crippen molar-refractivity contribution in [3.63, 3.8) is 0 Å². The van der Waals surface area contributed by atoms with Gasteiger partial charge in [0.1, 0.15) is 18.2 Å². The second-order valence-corrected chi connectivity index (χ2v) is 5.93. The highest BCUT2D eigenvalue weighted by atomic mass is 35.5. The van der Waals surface area contributed by atoms with E-state index >= 15 is 0 Å². The number of halogens is 2. The maximum absolute atomic E-state index is 13.6. The first-order valence-corrected chi connectivity index (χ1v) is 6.64. The Labute approximate surface area is 122 Å². The van der Waals surface area contributed by atoms with Crippen molar-refractivity contribution in [2.75, 3.05) is 0 Å². The van der Waals surface area contributed by atoms with Crippen LogP contribution in [-0.4, -0.2) is 9.97 Å². The van der Waals surface area contributed by atoms with Gasteiger partial charge >= 0.3 is 0 Å². The Morgan fingerprint density at radius 2 is 2.00 bits per heavy atom. The minimum absolute atomic E-state index is 0.101. The molecule has 0 saturated heterocycles. The summed E-state index contributed by atoms with van der Waals surface area (Å²) >= 11 is 5.70. The van der Waals surface area contributed by atoms with Gasteiger partial charge in [0.25, 0.3) is 0 Å². The fourth-order valence-electron chi connectivity index (χ4n) is 1.57. The predicted octanol–water partition coefficient (Wildman–Crippen LogP) is 4.15. The van der Waals surface area contributed by atoms with E-state index in [1.54, 1.807) is 24.4 Å². The van der Waals surface area contributed by atoms with Gasteiger partial charge in [0.2, 0.25) is 5.88 Å². The smallest absolute Gasteiger partial charge is 0.216 e. The fraction of sp³-hybridized carbons (Fsp3) is 0.333. The Morgan fingerprint density at radius 1 is 1.25 bits per heavy atom. The van der Waals surface area contributed by atoms with Crippen LogP contribution in [0.2, 0.25) is 5.02 Å². The van der Waals surface area contributed by atoms with Crippen molar-refractivity contribution < 1.29 is 9.13 Å². The van der Waals surface area contributed by atoms with E-state index in [0.29, 0.717) is 22.3 Å². The topological polar surface area (TPSA) is 35.0 Å². The summed E-state index contributed by atoms with van der Waals surface area (Å²) in [5.41, 5.74) is 0.274. The molecular weight excluding hydrogens is 279 g/mol. The Balaban J connectivity index is 2.11. The summed E-state index contributed by atoms with van der Waals surface area (Å²) < 4.78 is 19.1. The molecule has 5 heteroatoms. The second kappa shape index (κ2) is 5.75. The summed E-state index contributed by atoms with van der Waals surface area (Å²) in [6, 6.07) is 6.15. The molecule has 2 rings (SSSR count). The van der Waals surface area contributed by atoms with Gasteiger partial charge in [-0.25, -0.2) is 9.37 Å². The van der Waals surface area contributed by atoms with Crippen molar-refractivity contribution >= 4 is 11.6 Å². The SMILES string of the molecule is CC(C)(C)c1nccc(OCc2ccc(Cl)cc2F)n1. The molecule has 20 heavy (non-hydrogen) atoms. The summed E-state index contributed by atoms with van der Waals surface area (Å²) in [4.78, 5) is 8.54. The van der Waals surface area contributed by atoms with Crippen molar-refractivity contribution in [3.8, 4) is 5.88 Å². The lowest BCUT2D eigenvalue weighted by molar-refractivity contribution is 0.284. The molecule has 0 aliphatic carbocycles. The number of rotatable bonds is 3. The Kier molecular flexibility index (Phi) is 4.23. The van der Waals surface area contributed by atoms with Crippen molar-refractivity contribution in [1.82, 2.24) is 9.97 Å². The minimum Gasteiger partial charge on any atom is -0.473 e. The zero-order chi connectivity index (χ0) is 14.8. The van der Waals surface area contributed by atoms with Crippen LogP contribution in [0.5, 0.6) is 5.88 Å². The van der Waals surface area contributed by atoms with E-state index in [0.717, 1.165) is 0 Å². The Bertz CT molecular complexity index is 611. The van der Waals surface area contributed by atoms with E-state index in [4.69, 9.17) is 16.3 Å². The van der Waals surface area contributed by atoms with Crippen LogP contribution in [0.1, 0.15) is 32.2 Å². The molecule has 0 aliphatic heterocycles. The van der Waals surface area contributed by atoms with Gasteiger partial charge in [-0.15, -0.1) is 0 Å². The van der Waals surface area contributed by atoms with E-state index in [1.807, 2.05) is 20.8 Å². The lowest BCUT2D eigenvalue weighted by Crippen LogP contribution is -2.16. The molecule has 0 unspecified atom stereocenters. The Morgan fingerprint density at radius 3 is 2.65 bits per heavy atom. The number of hydrogen-bond acceptors (Lipinski definition) is 3. The number of hydrogen-bond donors (Lipinski definition) is 0. The van der Waals surface area contributed by atoms with E-state index < -0.39 is 0 Å². The van der Waals surface area contributed by atoms with Crippen LogP contribution in [0.25, 0.3) is 0 Å². The molecule has 0 radical (unpaired) electrons. The average Bonchev–Trinajstić information content (AvgIpc) is 2.37. The molecule has 1 aromatic heterocycles. The number of ether oxygens (including phenoxy) is 1. The molecule has 3 nitrogen and oxygen atoms in total. The van der Waals surface area contributed by atoms with Gasteiger partial charge in [-0.3, -0.25) is 0 Å². The van der Waals surface area contributed by atoms with Crippen LogP contribution in [0, 0.1) is 5.82 Å². The van der Waals surface area contributed by atoms with Crippen molar-refractivity contribution in [2.45, 2.75) is 32.8 Å². The zero-order valence-electron chi connectivity index (χ0n) is 11.7. The molecule has 1 heterocycles. The quantitative estimate of drug-likeness (QED) is 0.853. The summed E-state index contributed by atoms with van der Waals surface area (Å²) in [6.45, 7) is 6.16. The third-order valence-corrected chi connectivity index (χ3v) is 2.93. The average molecular weight is 295 g/mol. The van der Waals surface area contributed by atoms with Crippen molar-refractivity contribution in [3.05, 3.63) is 52.7 Å². The maximum atomic E-state index is 13.6. The van der Waals surface area contributed by atoms with Gasteiger partial charge < -0.3 is 4.74 Å². The van der Waals surface area contributed by atoms with Gasteiger partial charge in [0.15, 0.2) is 0 Å². The number of aromatic nitrogens is 2. The number of benzene rings is 1. The third-order valence-electron chi connectivity index (χ3n) is 2.69. The van der Waals surface area contributed by atoms with Crippen LogP contribution >= 0.6 is 11.6 Å². The van der Waals surface area contributed by atoms with Gasteiger partial charge in [0, 0.05) is 28.3 Å². The van der Waals surface area contributed by atoms with E-state index in [9.17, 15) is 4.39 Å². The predicted molar refractivity (Wildman–Crippen MR) is 76.5 cm³/mol. The first kappa shape index (κ1) is 14.7. The van der Waals surface area contributed by atoms with Gasteiger partial charge in [-0.2, -0.15) is 4.98 Å². The van der Waals surface area contributed by atoms with Gasteiger partial charge in [0.05, 0.1) is 0 Å². The molecular formula is C15H16ClFN2O.